The molecule has 0 spiro atoms. The number of benzene rings is 2. The fourth-order valence-electron chi connectivity index (χ4n) is 2.77. The summed E-state index contributed by atoms with van der Waals surface area (Å²) in [7, 11) is 0. The normalized spacial score (nSPS) is 14.7. The van der Waals surface area contributed by atoms with Gasteiger partial charge in [0.2, 0.25) is 5.91 Å². The number of amides is 1. The Hall–Kier alpha value is -2.89. The minimum atomic E-state index is -0.603. The van der Waals surface area contributed by atoms with Crippen molar-refractivity contribution in [3.8, 4) is 5.75 Å². The summed E-state index contributed by atoms with van der Waals surface area (Å²) >= 11 is 0. The molecule has 6 heteroatoms. The van der Waals surface area contributed by atoms with Gasteiger partial charge in [-0.15, -0.1) is 0 Å². The van der Waals surface area contributed by atoms with Gasteiger partial charge in [0.05, 0.1) is 22.6 Å². The third kappa shape index (κ3) is 2.95. The molecule has 0 aromatic heterocycles. The number of rotatable bonds is 6. The molecule has 3 rings (SSSR count). The van der Waals surface area contributed by atoms with Gasteiger partial charge in [-0.25, -0.2) is 0 Å². The Labute approximate surface area is 139 Å². The number of nitrogens with zero attached hydrogens (tertiary/aromatic N) is 1. The van der Waals surface area contributed by atoms with Gasteiger partial charge in [0, 0.05) is 12.1 Å². The minimum Gasteiger partial charge on any atom is -0.492 e. The summed E-state index contributed by atoms with van der Waals surface area (Å²) in [5, 5.41) is 13.7. The molecule has 2 aromatic carbocycles. The van der Waals surface area contributed by atoms with E-state index in [1.807, 2.05) is 25.1 Å². The van der Waals surface area contributed by atoms with Gasteiger partial charge in [0.1, 0.15) is 5.75 Å². The van der Waals surface area contributed by atoms with Crippen LogP contribution in [0.15, 0.2) is 48.5 Å². The molecule has 0 aliphatic heterocycles. The first kappa shape index (κ1) is 16.0. The van der Waals surface area contributed by atoms with E-state index in [4.69, 9.17) is 4.74 Å². The lowest BCUT2D eigenvalue weighted by molar-refractivity contribution is -0.384. The molecule has 0 heterocycles. The van der Waals surface area contributed by atoms with Crippen molar-refractivity contribution in [2.24, 2.45) is 0 Å². The number of nitro benzene ring substituents is 1. The van der Waals surface area contributed by atoms with E-state index in [0.29, 0.717) is 18.0 Å². The molecule has 1 fully saturated rings. The van der Waals surface area contributed by atoms with Crippen molar-refractivity contribution < 1.29 is 14.5 Å². The summed E-state index contributed by atoms with van der Waals surface area (Å²) in [5.41, 5.74) is 0.864. The van der Waals surface area contributed by atoms with E-state index in [1.54, 1.807) is 18.2 Å². The Kier molecular flexibility index (Phi) is 4.20. The van der Waals surface area contributed by atoms with Gasteiger partial charge in [-0.2, -0.15) is 0 Å². The van der Waals surface area contributed by atoms with E-state index < -0.39 is 10.3 Å². The van der Waals surface area contributed by atoms with Crippen molar-refractivity contribution in [2.75, 3.05) is 11.9 Å². The zero-order valence-electron chi connectivity index (χ0n) is 13.3. The van der Waals surface area contributed by atoms with Crippen LogP contribution >= 0.6 is 0 Å². The van der Waals surface area contributed by atoms with Gasteiger partial charge in [-0.05, 0) is 37.5 Å². The lowest BCUT2D eigenvalue weighted by Gasteiger charge is -2.17. The van der Waals surface area contributed by atoms with Gasteiger partial charge in [0.15, 0.2) is 0 Å². The molecule has 0 atom stereocenters. The van der Waals surface area contributed by atoms with Crippen LogP contribution in [-0.2, 0) is 10.2 Å². The minimum absolute atomic E-state index is 0.0247. The molecule has 1 aliphatic carbocycles. The van der Waals surface area contributed by atoms with Gasteiger partial charge >= 0.3 is 0 Å². The van der Waals surface area contributed by atoms with Crippen LogP contribution in [0.4, 0.5) is 11.4 Å². The maximum absolute atomic E-state index is 12.8. The molecule has 1 N–H and O–H groups in total. The Bertz CT molecular complexity index is 767. The monoisotopic (exact) mass is 326 g/mol. The fraction of sp³-hybridized carbons (Fsp3) is 0.278. The Morgan fingerprint density at radius 1 is 1.21 bits per heavy atom. The van der Waals surface area contributed by atoms with Crippen LogP contribution in [0.1, 0.15) is 25.3 Å². The summed E-state index contributed by atoms with van der Waals surface area (Å²) in [6.07, 6.45) is 1.46. The van der Waals surface area contributed by atoms with Crippen molar-refractivity contribution in [2.45, 2.75) is 25.2 Å². The van der Waals surface area contributed by atoms with Crippen LogP contribution in [0.5, 0.6) is 5.75 Å². The highest BCUT2D eigenvalue weighted by Gasteiger charge is 2.51. The molecular weight excluding hydrogens is 308 g/mol. The number of hydrogen-bond donors (Lipinski definition) is 1. The molecular formula is C18H18N2O4. The van der Waals surface area contributed by atoms with Crippen LogP contribution in [0.2, 0.25) is 0 Å². The summed E-state index contributed by atoms with van der Waals surface area (Å²) < 4.78 is 5.53. The van der Waals surface area contributed by atoms with Crippen LogP contribution in [0.25, 0.3) is 0 Å². The first-order valence-electron chi connectivity index (χ1n) is 7.85. The number of hydrogen-bond acceptors (Lipinski definition) is 4. The highest BCUT2D eigenvalue weighted by Crippen LogP contribution is 2.49. The molecule has 1 saturated carbocycles. The number of carbonyl (C=O) groups excluding carboxylic acids is 1. The third-order valence-corrected chi connectivity index (χ3v) is 4.25. The molecule has 24 heavy (non-hydrogen) atoms. The highest BCUT2D eigenvalue weighted by molar-refractivity contribution is 6.02. The highest BCUT2D eigenvalue weighted by atomic mass is 16.6. The van der Waals surface area contributed by atoms with Crippen LogP contribution in [-0.4, -0.2) is 17.4 Å². The van der Waals surface area contributed by atoms with E-state index in [-0.39, 0.29) is 11.6 Å². The van der Waals surface area contributed by atoms with Crippen molar-refractivity contribution >= 4 is 17.3 Å². The number of non-ortho nitro benzene ring substituents is 1. The maximum Gasteiger partial charge on any atom is 0.269 e. The number of anilines is 1. The molecule has 0 radical (unpaired) electrons. The molecule has 6 nitrogen and oxygen atoms in total. The fourth-order valence-corrected chi connectivity index (χ4v) is 2.77. The third-order valence-electron chi connectivity index (χ3n) is 4.25. The largest absolute Gasteiger partial charge is 0.492 e. The van der Waals surface area contributed by atoms with Gasteiger partial charge in [0.25, 0.3) is 5.69 Å². The predicted octanol–water partition coefficient (Wildman–Crippen LogP) is 3.66. The number of nitro groups is 1. The van der Waals surface area contributed by atoms with E-state index in [0.717, 1.165) is 18.4 Å². The van der Waals surface area contributed by atoms with Crippen molar-refractivity contribution in [3.05, 3.63) is 64.2 Å². The number of carbonyl (C=O) groups is 1. The van der Waals surface area contributed by atoms with Crippen LogP contribution in [0.3, 0.4) is 0 Å². The van der Waals surface area contributed by atoms with Crippen molar-refractivity contribution in [1.82, 2.24) is 0 Å². The molecule has 1 aliphatic rings. The summed E-state index contributed by atoms with van der Waals surface area (Å²) in [6.45, 7) is 2.40. The SMILES string of the molecule is CCOc1ccccc1NC(=O)C1(c2ccc([N+](=O)[O-])cc2)CC1. The molecule has 0 unspecified atom stereocenters. The Morgan fingerprint density at radius 2 is 1.88 bits per heavy atom. The second-order valence-corrected chi connectivity index (χ2v) is 5.77. The quantitative estimate of drug-likeness (QED) is 0.649. The lowest BCUT2D eigenvalue weighted by Crippen LogP contribution is -2.28. The van der Waals surface area contributed by atoms with Crippen molar-refractivity contribution in [3.63, 3.8) is 0 Å². The number of nitrogens with one attached hydrogen (secondary N) is 1. The maximum atomic E-state index is 12.8. The van der Waals surface area contributed by atoms with Crippen LogP contribution in [0, 0.1) is 10.1 Å². The topological polar surface area (TPSA) is 81.5 Å². The average Bonchev–Trinajstić information content (AvgIpc) is 3.39. The van der Waals surface area contributed by atoms with Crippen LogP contribution < -0.4 is 10.1 Å². The second-order valence-electron chi connectivity index (χ2n) is 5.77. The zero-order valence-corrected chi connectivity index (χ0v) is 13.3. The van der Waals surface area contributed by atoms with Gasteiger partial charge in [-0.1, -0.05) is 24.3 Å². The molecule has 0 bridgehead atoms. The molecule has 124 valence electrons. The molecule has 1 amide bonds. The summed E-state index contributed by atoms with van der Waals surface area (Å²) in [6, 6.07) is 13.5. The summed E-state index contributed by atoms with van der Waals surface area (Å²) in [5.74, 6) is 0.524. The molecule has 0 saturated heterocycles. The summed E-state index contributed by atoms with van der Waals surface area (Å²) in [4.78, 5) is 23.1. The average molecular weight is 326 g/mol. The van der Waals surface area contributed by atoms with Gasteiger partial charge < -0.3 is 10.1 Å². The first-order chi connectivity index (χ1) is 11.6. The van der Waals surface area contributed by atoms with E-state index >= 15 is 0 Å². The first-order valence-corrected chi connectivity index (χ1v) is 7.85. The number of para-hydroxylation sites is 2. The smallest absolute Gasteiger partial charge is 0.269 e. The van der Waals surface area contributed by atoms with E-state index in [9.17, 15) is 14.9 Å². The lowest BCUT2D eigenvalue weighted by atomic mass is 9.94. The standard InChI is InChI=1S/C18H18N2O4/c1-2-24-16-6-4-3-5-15(16)19-17(21)18(11-12-18)13-7-9-14(10-8-13)20(22)23/h3-10H,2,11-12H2,1H3,(H,19,21). The van der Waals surface area contributed by atoms with Gasteiger partial charge in [-0.3, -0.25) is 14.9 Å². The Balaban J connectivity index is 1.81. The van der Waals surface area contributed by atoms with E-state index in [2.05, 4.69) is 5.32 Å². The second kappa shape index (κ2) is 6.31. The molecule has 2 aromatic rings. The predicted molar refractivity (Wildman–Crippen MR) is 90.2 cm³/mol. The number of ether oxygens (including phenoxy) is 1. The zero-order chi connectivity index (χ0) is 17.2. The van der Waals surface area contributed by atoms with Crippen molar-refractivity contribution in [1.29, 1.82) is 0 Å². The van der Waals surface area contributed by atoms with E-state index in [1.165, 1.54) is 12.1 Å². The Morgan fingerprint density at radius 3 is 2.46 bits per heavy atom.